The van der Waals surface area contributed by atoms with Gasteiger partial charge in [0, 0.05) is 10.9 Å². The van der Waals surface area contributed by atoms with Gasteiger partial charge in [-0.3, -0.25) is 0 Å². The van der Waals surface area contributed by atoms with Crippen molar-refractivity contribution in [3.63, 3.8) is 0 Å². The van der Waals surface area contributed by atoms with E-state index in [0.29, 0.717) is 10.8 Å². The van der Waals surface area contributed by atoms with Crippen molar-refractivity contribution in [1.29, 1.82) is 0 Å². The fourth-order valence-electron chi connectivity index (χ4n) is 3.54. The van der Waals surface area contributed by atoms with Crippen molar-refractivity contribution < 1.29 is 13.2 Å². The van der Waals surface area contributed by atoms with E-state index in [9.17, 15) is 8.78 Å². The lowest BCUT2D eigenvalue weighted by molar-refractivity contribution is 0.584. The fourth-order valence-corrected chi connectivity index (χ4v) is 3.65. The van der Waals surface area contributed by atoms with Crippen LogP contribution in [0, 0.1) is 17.5 Å². The molecule has 4 rings (SSSR count). The van der Waals surface area contributed by atoms with E-state index in [0.717, 1.165) is 36.1 Å². The summed E-state index contributed by atoms with van der Waals surface area (Å²) in [5.74, 6) is -2.36. The van der Waals surface area contributed by atoms with Gasteiger partial charge in [0.25, 0.3) is 0 Å². The monoisotopic (exact) mass is 422 g/mol. The Labute approximate surface area is 178 Å². The molecule has 0 heterocycles. The summed E-state index contributed by atoms with van der Waals surface area (Å²) in [6.45, 7) is 3.74. The van der Waals surface area contributed by atoms with Crippen molar-refractivity contribution in [2.75, 3.05) is 0 Å². The Bertz CT molecular complexity index is 1220. The van der Waals surface area contributed by atoms with Crippen LogP contribution >= 0.6 is 11.6 Å². The molecule has 4 aromatic rings. The standard InChI is InChI=1S/C26H18ClF3/c1-2-3-4-16-5-7-17(8-6-16)18-9-11-21-19(13-18)10-12-22(26(21)30)20-14-23(28)25(27)24(29)15-20/h2,5-15H,1,3-4H2. The molecule has 0 spiro atoms. The van der Waals surface area contributed by atoms with Crippen LogP contribution in [0.2, 0.25) is 5.02 Å². The van der Waals surface area contributed by atoms with E-state index in [-0.39, 0.29) is 11.1 Å². The molecule has 30 heavy (non-hydrogen) atoms. The van der Waals surface area contributed by atoms with E-state index >= 15 is 4.39 Å². The Morgan fingerprint density at radius 1 is 0.767 bits per heavy atom. The molecule has 0 aliphatic carbocycles. The average molecular weight is 423 g/mol. The number of rotatable bonds is 5. The summed E-state index contributed by atoms with van der Waals surface area (Å²) in [7, 11) is 0. The fraction of sp³-hybridized carbons (Fsp3) is 0.0769. The lowest BCUT2D eigenvalue weighted by atomic mass is 9.96. The van der Waals surface area contributed by atoms with E-state index in [4.69, 9.17) is 11.6 Å². The zero-order valence-corrected chi connectivity index (χ0v) is 16.8. The summed E-state index contributed by atoms with van der Waals surface area (Å²) in [4.78, 5) is 0. The molecule has 0 saturated carbocycles. The second kappa shape index (κ2) is 8.37. The van der Waals surface area contributed by atoms with Gasteiger partial charge in [0.1, 0.15) is 22.5 Å². The Kier molecular flexibility index (Phi) is 5.65. The minimum atomic E-state index is -0.918. The van der Waals surface area contributed by atoms with Gasteiger partial charge in [0.15, 0.2) is 0 Å². The molecule has 0 amide bonds. The zero-order chi connectivity index (χ0) is 21.3. The number of benzene rings is 4. The predicted octanol–water partition coefficient (Wildman–Crippen LogP) is 8.36. The van der Waals surface area contributed by atoms with Gasteiger partial charge < -0.3 is 0 Å². The van der Waals surface area contributed by atoms with Crippen LogP contribution in [0.5, 0.6) is 0 Å². The van der Waals surface area contributed by atoms with E-state index < -0.39 is 22.5 Å². The molecule has 0 aliphatic heterocycles. The molecule has 0 unspecified atom stereocenters. The lowest BCUT2D eigenvalue weighted by Crippen LogP contribution is -1.91. The first-order chi connectivity index (χ1) is 14.5. The van der Waals surface area contributed by atoms with Gasteiger partial charge in [-0.15, -0.1) is 6.58 Å². The van der Waals surface area contributed by atoms with E-state index in [2.05, 4.69) is 18.7 Å². The maximum atomic E-state index is 15.1. The molecule has 0 atom stereocenters. The van der Waals surface area contributed by atoms with Gasteiger partial charge >= 0.3 is 0 Å². The Morgan fingerprint density at radius 3 is 2.10 bits per heavy atom. The molecule has 150 valence electrons. The number of hydrogen-bond donors (Lipinski definition) is 0. The smallest absolute Gasteiger partial charge is 0.145 e. The zero-order valence-electron chi connectivity index (χ0n) is 16.1. The number of fused-ring (bicyclic) bond motifs is 1. The predicted molar refractivity (Wildman–Crippen MR) is 118 cm³/mol. The molecule has 0 aliphatic rings. The highest BCUT2D eigenvalue weighted by Crippen LogP contribution is 2.34. The van der Waals surface area contributed by atoms with Crippen LogP contribution in [-0.4, -0.2) is 0 Å². The van der Waals surface area contributed by atoms with Gasteiger partial charge in [-0.25, -0.2) is 13.2 Å². The second-order valence-corrected chi connectivity index (χ2v) is 7.52. The highest BCUT2D eigenvalue weighted by atomic mass is 35.5. The summed E-state index contributed by atoms with van der Waals surface area (Å²) < 4.78 is 42.8. The molecule has 0 aromatic heterocycles. The van der Waals surface area contributed by atoms with Crippen molar-refractivity contribution in [3.05, 3.63) is 107 Å². The van der Waals surface area contributed by atoms with E-state index in [1.165, 1.54) is 11.6 Å². The van der Waals surface area contributed by atoms with Crippen LogP contribution in [0.1, 0.15) is 12.0 Å². The lowest BCUT2D eigenvalue weighted by Gasteiger charge is -2.10. The number of allylic oxidation sites excluding steroid dienone is 1. The van der Waals surface area contributed by atoms with Crippen molar-refractivity contribution in [2.24, 2.45) is 0 Å². The first-order valence-electron chi connectivity index (χ1n) is 9.55. The van der Waals surface area contributed by atoms with E-state index in [1.807, 2.05) is 30.3 Å². The molecular formula is C26H18ClF3. The Hall–Kier alpha value is -3.04. The van der Waals surface area contributed by atoms with Crippen molar-refractivity contribution in [1.82, 2.24) is 0 Å². The molecule has 0 bridgehead atoms. The second-order valence-electron chi connectivity index (χ2n) is 7.14. The quantitative estimate of drug-likeness (QED) is 0.224. The largest absolute Gasteiger partial charge is 0.206 e. The minimum absolute atomic E-state index is 0.105. The summed E-state index contributed by atoms with van der Waals surface area (Å²) in [5, 5.41) is 0.495. The van der Waals surface area contributed by atoms with Gasteiger partial charge in [-0.1, -0.05) is 66.2 Å². The Balaban J connectivity index is 1.72. The molecule has 0 saturated heterocycles. The maximum absolute atomic E-state index is 15.1. The van der Waals surface area contributed by atoms with Crippen LogP contribution in [0.3, 0.4) is 0 Å². The summed E-state index contributed by atoms with van der Waals surface area (Å²) in [6, 6.07) is 19.1. The molecule has 0 fully saturated rings. The third-order valence-electron chi connectivity index (χ3n) is 5.17. The van der Waals surface area contributed by atoms with Crippen LogP contribution in [0.25, 0.3) is 33.0 Å². The van der Waals surface area contributed by atoms with Crippen molar-refractivity contribution >= 4 is 22.4 Å². The molecule has 4 aromatic carbocycles. The highest BCUT2D eigenvalue weighted by Gasteiger charge is 2.15. The number of aryl methyl sites for hydroxylation is 1. The molecule has 4 heteroatoms. The third kappa shape index (κ3) is 3.86. The van der Waals surface area contributed by atoms with Crippen LogP contribution < -0.4 is 0 Å². The molecule has 0 radical (unpaired) electrons. The van der Waals surface area contributed by atoms with Crippen molar-refractivity contribution in [2.45, 2.75) is 12.8 Å². The van der Waals surface area contributed by atoms with Gasteiger partial charge in [0.2, 0.25) is 0 Å². The number of hydrogen-bond acceptors (Lipinski definition) is 0. The third-order valence-corrected chi connectivity index (χ3v) is 5.53. The van der Waals surface area contributed by atoms with Crippen LogP contribution in [0.4, 0.5) is 13.2 Å². The first kappa shape index (κ1) is 20.2. The van der Waals surface area contributed by atoms with Gasteiger partial charge in [-0.05, 0) is 58.7 Å². The summed E-state index contributed by atoms with van der Waals surface area (Å²) >= 11 is 5.53. The van der Waals surface area contributed by atoms with Crippen molar-refractivity contribution in [3.8, 4) is 22.3 Å². The molecular weight excluding hydrogens is 405 g/mol. The SMILES string of the molecule is C=CCCc1ccc(-c2ccc3c(F)c(-c4cc(F)c(Cl)c(F)c4)ccc3c2)cc1. The average Bonchev–Trinajstić information content (AvgIpc) is 2.76. The summed E-state index contributed by atoms with van der Waals surface area (Å²) in [5.41, 5.74) is 3.46. The van der Waals surface area contributed by atoms with Crippen LogP contribution in [0.15, 0.2) is 79.4 Å². The van der Waals surface area contributed by atoms with E-state index in [1.54, 1.807) is 12.1 Å². The number of halogens is 4. The minimum Gasteiger partial charge on any atom is -0.206 e. The summed E-state index contributed by atoms with van der Waals surface area (Å²) in [6.07, 6.45) is 3.77. The van der Waals surface area contributed by atoms with Gasteiger partial charge in [0.05, 0.1) is 0 Å². The normalized spacial score (nSPS) is 11.1. The Morgan fingerprint density at radius 2 is 1.43 bits per heavy atom. The molecule has 0 N–H and O–H groups in total. The topological polar surface area (TPSA) is 0 Å². The van der Waals surface area contributed by atoms with Gasteiger partial charge in [-0.2, -0.15) is 0 Å². The maximum Gasteiger partial charge on any atom is 0.145 e. The molecule has 0 nitrogen and oxygen atoms in total. The highest BCUT2D eigenvalue weighted by molar-refractivity contribution is 6.31. The van der Waals surface area contributed by atoms with Crippen LogP contribution in [-0.2, 0) is 6.42 Å². The first-order valence-corrected chi connectivity index (χ1v) is 9.93.